The van der Waals surface area contributed by atoms with Gasteiger partial charge in [-0.05, 0) is 31.7 Å². The Hall–Kier alpha value is -2.18. The zero-order valence-electron chi connectivity index (χ0n) is 13.9. The van der Waals surface area contributed by atoms with E-state index in [2.05, 4.69) is 18.0 Å². The maximum atomic E-state index is 12.6. The van der Waals surface area contributed by atoms with Crippen LogP contribution in [0.1, 0.15) is 32.3 Å². The summed E-state index contributed by atoms with van der Waals surface area (Å²) in [5.41, 5.74) is 1.33. The number of benzene rings is 1. The topological polar surface area (TPSA) is 52.9 Å². The largest absolute Gasteiger partial charge is 0.301 e. The Kier molecular flexibility index (Phi) is 5.52. The van der Waals surface area contributed by atoms with E-state index < -0.39 is 5.54 Å². The number of ketones is 1. The third kappa shape index (κ3) is 3.97. The van der Waals surface area contributed by atoms with Gasteiger partial charge in [-0.2, -0.15) is 5.26 Å². The minimum absolute atomic E-state index is 0.108. The molecule has 0 spiro atoms. The van der Waals surface area contributed by atoms with Crippen LogP contribution in [0.3, 0.4) is 0 Å². The summed E-state index contributed by atoms with van der Waals surface area (Å²) in [4.78, 5) is 12.6. The molecule has 3 atom stereocenters. The Morgan fingerprint density at radius 3 is 2.78 bits per heavy atom. The predicted molar refractivity (Wildman–Crippen MR) is 93.5 cm³/mol. The van der Waals surface area contributed by atoms with Crippen molar-refractivity contribution in [3.63, 3.8) is 0 Å². The van der Waals surface area contributed by atoms with Crippen LogP contribution in [0.15, 0.2) is 48.6 Å². The van der Waals surface area contributed by atoms with Crippen molar-refractivity contribution in [2.45, 2.75) is 32.2 Å². The summed E-state index contributed by atoms with van der Waals surface area (Å²) >= 11 is 0. The summed E-state index contributed by atoms with van der Waals surface area (Å²) in [7, 11) is 0. The molecule has 0 bridgehead atoms. The first-order valence-corrected chi connectivity index (χ1v) is 8.02. The van der Waals surface area contributed by atoms with Gasteiger partial charge in [-0.3, -0.25) is 4.79 Å². The van der Waals surface area contributed by atoms with Crippen molar-refractivity contribution in [2.24, 2.45) is 11.8 Å². The van der Waals surface area contributed by atoms with Crippen LogP contribution in [-0.4, -0.2) is 17.9 Å². The number of nitrogens with zero attached hydrogens (tertiary/aromatic N) is 1. The molecule has 0 unspecified atom stereocenters. The number of carbonyl (C=O) groups excluding carboxylic acids is 1. The Morgan fingerprint density at radius 1 is 1.48 bits per heavy atom. The van der Waals surface area contributed by atoms with Gasteiger partial charge in [-0.1, -0.05) is 54.6 Å². The van der Waals surface area contributed by atoms with Gasteiger partial charge in [0.2, 0.25) is 0 Å². The zero-order valence-corrected chi connectivity index (χ0v) is 13.9. The molecule has 1 aromatic carbocycles. The molecule has 1 saturated carbocycles. The van der Waals surface area contributed by atoms with Crippen LogP contribution in [-0.2, 0) is 4.79 Å². The van der Waals surface area contributed by atoms with E-state index in [4.69, 9.17) is 0 Å². The number of nitriles is 1. The van der Waals surface area contributed by atoms with Crippen LogP contribution in [0.4, 0.5) is 0 Å². The quantitative estimate of drug-likeness (QED) is 0.843. The summed E-state index contributed by atoms with van der Waals surface area (Å²) in [5.74, 6) is -0.0890. The molecule has 1 fully saturated rings. The first-order chi connectivity index (χ1) is 11.0. The van der Waals surface area contributed by atoms with Gasteiger partial charge < -0.3 is 5.32 Å². The number of nitrogens with one attached hydrogen (secondary N) is 1. The predicted octanol–water partition coefficient (Wildman–Crippen LogP) is 3.74. The molecule has 0 saturated heterocycles. The maximum absolute atomic E-state index is 12.6. The second kappa shape index (κ2) is 7.39. The number of rotatable bonds is 5. The molecule has 23 heavy (non-hydrogen) atoms. The SMILES string of the molecule is C=C(C)[C@@H]1CC(=O)[C@@](C)(NC/C=C/c2ccccc2)[C@@H](C#N)C1. The van der Waals surface area contributed by atoms with Crippen molar-refractivity contribution in [2.75, 3.05) is 6.54 Å². The second-order valence-electron chi connectivity index (χ2n) is 6.48. The molecule has 0 aromatic heterocycles. The summed E-state index contributed by atoms with van der Waals surface area (Å²) < 4.78 is 0. The summed E-state index contributed by atoms with van der Waals surface area (Å²) in [5, 5.41) is 12.8. The fraction of sp³-hybridized carbons (Fsp3) is 0.400. The van der Waals surface area contributed by atoms with Gasteiger partial charge in [0, 0.05) is 13.0 Å². The Labute approximate surface area is 138 Å². The normalized spacial score (nSPS) is 27.8. The highest BCUT2D eigenvalue weighted by Crippen LogP contribution is 2.37. The minimum atomic E-state index is -0.776. The molecule has 1 aliphatic rings. The van der Waals surface area contributed by atoms with Crippen molar-refractivity contribution in [3.05, 3.63) is 54.1 Å². The summed E-state index contributed by atoms with van der Waals surface area (Å²) in [6.45, 7) is 8.30. The van der Waals surface area contributed by atoms with Gasteiger partial charge in [0.15, 0.2) is 5.78 Å². The Morgan fingerprint density at radius 2 is 2.17 bits per heavy atom. The van der Waals surface area contributed by atoms with Crippen LogP contribution in [0.25, 0.3) is 6.08 Å². The standard InChI is InChI=1S/C20H24N2O/c1-15(2)17-12-18(14-21)20(3,19(23)13-17)22-11-7-10-16-8-5-4-6-9-16/h4-10,17-18,22H,1,11-13H2,2-3H3/b10-7+/t17-,18+,20-/m0/s1. The fourth-order valence-electron chi connectivity index (χ4n) is 3.04. The number of carbonyl (C=O) groups is 1. The van der Waals surface area contributed by atoms with Crippen LogP contribution in [0.5, 0.6) is 0 Å². The van der Waals surface area contributed by atoms with Crippen LogP contribution >= 0.6 is 0 Å². The van der Waals surface area contributed by atoms with Gasteiger partial charge >= 0.3 is 0 Å². The average Bonchev–Trinajstić information content (AvgIpc) is 2.55. The smallest absolute Gasteiger partial charge is 0.154 e. The molecular formula is C20H24N2O. The molecular weight excluding hydrogens is 284 g/mol. The van der Waals surface area contributed by atoms with Crippen LogP contribution in [0, 0.1) is 23.2 Å². The van der Waals surface area contributed by atoms with Gasteiger partial charge in [-0.15, -0.1) is 0 Å². The first-order valence-electron chi connectivity index (χ1n) is 8.02. The van der Waals surface area contributed by atoms with E-state index in [0.29, 0.717) is 19.4 Å². The van der Waals surface area contributed by atoms with E-state index in [9.17, 15) is 10.1 Å². The second-order valence-corrected chi connectivity index (χ2v) is 6.48. The van der Waals surface area contributed by atoms with E-state index in [1.165, 1.54) is 0 Å². The third-order valence-electron chi connectivity index (χ3n) is 4.78. The van der Waals surface area contributed by atoms with Crippen LogP contribution < -0.4 is 5.32 Å². The summed E-state index contributed by atoms with van der Waals surface area (Å²) in [6.07, 6.45) is 5.18. The lowest BCUT2D eigenvalue weighted by molar-refractivity contribution is -0.129. The molecule has 0 heterocycles. The van der Waals surface area contributed by atoms with Gasteiger partial charge in [0.25, 0.3) is 0 Å². The lowest BCUT2D eigenvalue weighted by Gasteiger charge is -2.40. The Bertz CT molecular complexity index is 641. The third-order valence-corrected chi connectivity index (χ3v) is 4.78. The average molecular weight is 308 g/mol. The number of Topliss-reactive ketones (excluding diaryl/α,β-unsaturated/α-hetero) is 1. The molecule has 1 aromatic rings. The molecule has 2 rings (SSSR count). The van der Waals surface area contributed by atoms with Gasteiger partial charge in [-0.25, -0.2) is 0 Å². The number of allylic oxidation sites excluding steroid dienone is 1. The van der Waals surface area contributed by atoms with Gasteiger partial charge in [0.1, 0.15) is 0 Å². The molecule has 1 aliphatic carbocycles. The van der Waals surface area contributed by atoms with E-state index >= 15 is 0 Å². The van der Waals surface area contributed by atoms with E-state index in [-0.39, 0.29) is 17.6 Å². The van der Waals surface area contributed by atoms with Crippen LogP contribution in [0.2, 0.25) is 0 Å². The van der Waals surface area contributed by atoms with E-state index in [1.54, 1.807) is 0 Å². The monoisotopic (exact) mass is 308 g/mol. The Balaban J connectivity index is 2.02. The van der Waals surface area contributed by atoms with Crippen molar-refractivity contribution >= 4 is 11.9 Å². The fourth-order valence-corrected chi connectivity index (χ4v) is 3.04. The lowest BCUT2D eigenvalue weighted by atomic mass is 9.68. The highest BCUT2D eigenvalue weighted by Gasteiger charge is 2.46. The minimum Gasteiger partial charge on any atom is -0.301 e. The van der Waals surface area contributed by atoms with Crippen molar-refractivity contribution in [1.82, 2.24) is 5.32 Å². The molecule has 0 radical (unpaired) electrons. The zero-order chi connectivity index (χ0) is 16.9. The van der Waals surface area contributed by atoms with Gasteiger partial charge in [0.05, 0.1) is 17.5 Å². The molecule has 3 heteroatoms. The molecule has 1 N–H and O–H groups in total. The highest BCUT2D eigenvalue weighted by atomic mass is 16.1. The number of hydrogen-bond acceptors (Lipinski definition) is 3. The highest BCUT2D eigenvalue weighted by molar-refractivity contribution is 5.90. The first kappa shape index (κ1) is 17.2. The molecule has 3 nitrogen and oxygen atoms in total. The summed E-state index contributed by atoms with van der Waals surface area (Å²) in [6, 6.07) is 12.3. The van der Waals surface area contributed by atoms with E-state index in [0.717, 1.165) is 11.1 Å². The van der Waals surface area contributed by atoms with Crippen molar-refractivity contribution in [1.29, 1.82) is 5.26 Å². The lowest BCUT2D eigenvalue weighted by Crippen LogP contribution is -2.58. The molecule has 0 amide bonds. The maximum Gasteiger partial charge on any atom is 0.154 e. The molecule has 120 valence electrons. The molecule has 0 aliphatic heterocycles. The number of hydrogen-bond donors (Lipinski definition) is 1. The van der Waals surface area contributed by atoms with Crippen molar-refractivity contribution in [3.8, 4) is 6.07 Å². The van der Waals surface area contributed by atoms with E-state index in [1.807, 2.05) is 56.3 Å². The van der Waals surface area contributed by atoms with Crippen molar-refractivity contribution < 1.29 is 4.79 Å².